The smallest absolute Gasteiger partial charge is 0.321 e. The first kappa shape index (κ1) is 20.1. The van der Waals surface area contributed by atoms with Gasteiger partial charge in [-0.2, -0.15) is 0 Å². The highest BCUT2D eigenvalue weighted by molar-refractivity contribution is 6.26. The zero-order valence-corrected chi connectivity index (χ0v) is 15.0. The van der Waals surface area contributed by atoms with Gasteiger partial charge in [0.15, 0.2) is 17.3 Å². The maximum atomic E-state index is 13.8. The average molecular weight is 403 g/mol. The van der Waals surface area contributed by atoms with Crippen molar-refractivity contribution >= 4 is 23.0 Å². The SMILES string of the molecule is O=C1CCCC(=O)C1=C(O)c1cccc(OCc2ccc(F)cc2F)c1[N+](=O)[O-]. The van der Waals surface area contributed by atoms with Crippen LogP contribution in [0.2, 0.25) is 0 Å². The van der Waals surface area contributed by atoms with Gasteiger partial charge in [0.2, 0.25) is 0 Å². The van der Waals surface area contributed by atoms with Crippen molar-refractivity contribution in [3.63, 3.8) is 0 Å². The zero-order chi connectivity index (χ0) is 21.1. The summed E-state index contributed by atoms with van der Waals surface area (Å²) in [5.41, 5.74) is -1.54. The molecular formula is C20H15F2NO6. The van der Waals surface area contributed by atoms with Gasteiger partial charge in [0.05, 0.1) is 10.5 Å². The Kier molecular flexibility index (Phi) is 5.67. The molecule has 0 spiro atoms. The number of Topliss-reactive ketones (excluding diaryl/α,β-unsaturated/α-hetero) is 2. The summed E-state index contributed by atoms with van der Waals surface area (Å²) in [6.07, 6.45) is 0.459. The van der Waals surface area contributed by atoms with Crippen molar-refractivity contribution in [1.29, 1.82) is 0 Å². The first-order valence-corrected chi connectivity index (χ1v) is 8.63. The van der Waals surface area contributed by atoms with E-state index in [-0.39, 0.29) is 29.7 Å². The monoisotopic (exact) mass is 403 g/mol. The van der Waals surface area contributed by atoms with Gasteiger partial charge in [-0.15, -0.1) is 0 Å². The number of nitrogens with zero attached hydrogens (tertiary/aromatic N) is 1. The number of carbonyl (C=O) groups excluding carboxylic acids is 2. The van der Waals surface area contributed by atoms with Gasteiger partial charge >= 0.3 is 5.69 Å². The molecule has 0 radical (unpaired) electrons. The van der Waals surface area contributed by atoms with E-state index < -0.39 is 51.8 Å². The minimum atomic E-state index is -0.882. The third-order valence-corrected chi connectivity index (χ3v) is 4.44. The third-order valence-electron chi connectivity index (χ3n) is 4.44. The van der Waals surface area contributed by atoms with Gasteiger partial charge < -0.3 is 9.84 Å². The lowest BCUT2D eigenvalue weighted by molar-refractivity contribution is -0.386. The number of halogens is 2. The standard InChI is InChI=1S/C20H15F2NO6/c21-12-8-7-11(14(22)9-12)10-29-17-6-1-3-13(19(17)23(27)28)20(26)18-15(24)4-2-5-16(18)25/h1,3,6-9,26H,2,4-5,10H2. The van der Waals surface area contributed by atoms with Crippen LogP contribution in [0.3, 0.4) is 0 Å². The fraction of sp³-hybridized carbons (Fsp3) is 0.200. The first-order valence-electron chi connectivity index (χ1n) is 8.63. The van der Waals surface area contributed by atoms with Crippen molar-refractivity contribution < 1.29 is 33.1 Å². The first-order chi connectivity index (χ1) is 13.8. The highest BCUT2D eigenvalue weighted by Gasteiger charge is 2.32. The molecule has 1 fully saturated rings. The number of aliphatic hydroxyl groups excluding tert-OH is 1. The van der Waals surface area contributed by atoms with Gasteiger partial charge in [-0.3, -0.25) is 19.7 Å². The number of allylic oxidation sites excluding steroid dienone is 1. The number of hydrogen-bond acceptors (Lipinski definition) is 6. The fourth-order valence-corrected chi connectivity index (χ4v) is 3.03. The molecule has 150 valence electrons. The molecule has 0 atom stereocenters. The maximum Gasteiger partial charge on any atom is 0.321 e. The van der Waals surface area contributed by atoms with Gasteiger partial charge in [-0.1, -0.05) is 6.07 Å². The van der Waals surface area contributed by atoms with Gasteiger partial charge in [-0.25, -0.2) is 8.78 Å². The van der Waals surface area contributed by atoms with Crippen LogP contribution in [0.4, 0.5) is 14.5 Å². The normalized spacial score (nSPS) is 14.1. The lowest BCUT2D eigenvalue weighted by atomic mass is 9.89. The second-order valence-corrected chi connectivity index (χ2v) is 6.36. The Morgan fingerprint density at radius 1 is 1.14 bits per heavy atom. The minimum absolute atomic E-state index is 0.0358. The number of nitro groups is 1. The zero-order valence-electron chi connectivity index (χ0n) is 15.0. The minimum Gasteiger partial charge on any atom is -0.506 e. The summed E-state index contributed by atoms with van der Waals surface area (Å²) in [4.78, 5) is 34.9. The highest BCUT2D eigenvalue weighted by atomic mass is 19.1. The molecule has 3 rings (SSSR count). The number of benzene rings is 2. The molecule has 0 amide bonds. The molecule has 0 heterocycles. The van der Waals surface area contributed by atoms with Crippen molar-refractivity contribution in [3.8, 4) is 5.75 Å². The van der Waals surface area contributed by atoms with E-state index in [9.17, 15) is 33.6 Å². The molecule has 0 aliphatic heterocycles. The number of para-hydroxylation sites is 1. The van der Waals surface area contributed by atoms with E-state index in [0.717, 1.165) is 12.1 Å². The van der Waals surface area contributed by atoms with Crippen LogP contribution in [-0.4, -0.2) is 21.6 Å². The van der Waals surface area contributed by atoms with Crippen molar-refractivity contribution in [2.75, 3.05) is 0 Å². The molecule has 1 aliphatic carbocycles. The van der Waals surface area contributed by atoms with Gasteiger partial charge in [0.1, 0.15) is 29.6 Å². The number of nitro benzene ring substituents is 1. The molecule has 2 aromatic rings. The van der Waals surface area contributed by atoms with E-state index in [1.807, 2.05) is 0 Å². The molecule has 29 heavy (non-hydrogen) atoms. The quantitative estimate of drug-likeness (QED) is 0.265. The predicted molar refractivity (Wildman–Crippen MR) is 97.2 cm³/mol. The molecule has 0 unspecified atom stereocenters. The second kappa shape index (κ2) is 8.17. The summed E-state index contributed by atoms with van der Waals surface area (Å²) in [6, 6.07) is 6.54. The molecule has 0 bridgehead atoms. The van der Waals surface area contributed by atoms with Gasteiger partial charge in [-0.05, 0) is 30.7 Å². The van der Waals surface area contributed by atoms with Gasteiger partial charge in [0, 0.05) is 24.5 Å². The molecule has 7 nitrogen and oxygen atoms in total. The van der Waals surface area contributed by atoms with Crippen LogP contribution >= 0.6 is 0 Å². The Balaban J connectivity index is 2.01. The van der Waals surface area contributed by atoms with Crippen molar-refractivity contribution in [1.82, 2.24) is 0 Å². The van der Waals surface area contributed by atoms with E-state index in [1.165, 1.54) is 18.2 Å². The number of carbonyl (C=O) groups is 2. The van der Waals surface area contributed by atoms with Crippen molar-refractivity contribution in [2.45, 2.75) is 25.9 Å². The fourth-order valence-electron chi connectivity index (χ4n) is 3.03. The van der Waals surface area contributed by atoms with Crippen LogP contribution < -0.4 is 4.74 Å². The van der Waals surface area contributed by atoms with E-state index in [1.54, 1.807) is 0 Å². The van der Waals surface area contributed by atoms with E-state index in [2.05, 4.69) is 0 Å². The van der Waals surface area contributed by atoms with Crippen LogP contribution in [-0.2, 0) is 16.2 Å². The Morgan fingerprint density at radius 3 is 2.45 bits per heavy atom. The molecule has 1 N–H and O–H groups in total. The van der Waals surface area contributed by atoms with Crippen LogP contribution in [0.15, 0.2) is 42.0 Å². The molecule has 0 saturated heterocycles. The summed E-state index contributed by atoms with van der Waals surface area (Å²) in [6.45, 7) is -0.439. The van der Waals surface area contributed by atoms with Crippen molar-refractivity contribution in [3.05, 3.63) is 74.8 Å². The number of ketones is 2. The van der Waals surface area contributed by atoms with Crippen LogP contribution in [0, 0.1) is 21.7 Å². The molecular weight excluding hydrogens is 388 g/mol. The summed E-state index contributed by atoms with van der Waals surface area (Å²) in [5.74, 6) is -3.94. The maximum absolute atomic E-state index is 13.8. The van der Waals surface area contributed by atoms with Crippen LogP contribution in [0.25, 0.3) is 5.76 Å². The summed E-state index contributed by atoms with van der Waals surface area (Å²) < 4.78 is 32.1. The Labute approximate surface area is 163 Å². The Morgan fingerprint density at radius 2 is 1.83 bits per heavy atom. The summed E-state index contributed by atoms with van der Waals surface area (Å²) >= 11 is 0. The highest BCUT2D eigenvalue weighted by Crippen LogP contribution is 2.37. The van der Waals surface area contributed by atoms with Gasteiger partial charge in [0.25, 0.3) is 0 Å². The second-order valence-electron chi connectivity index (χ2n) is 6.36. The Bertz CT molecular complexity index is 1030. The molecule has 1 aliphatic rings. The van der Waals surface area contributed by atoms with E-state index in [0.29, 0.717) is 12.5 Å². The predicted octanol–water partition coefficient (Wildman–Crippen LogP) is 4.04. The molecule has 0 aromatic heterocycles. The van der Waals surface area contributed by atoms with Crippen molar-refractivity contribution in [2.24, 2.45) is 0 Å². The Hall–Kier alpha value is -3.62. The largest absolute Gasteiger partial charge is 0.506 e. The summed E-state index contributed by atoms with van der Waals surface area (Å²) in [5, 5.41) is 22.1. The number of ether oxygens (including phenoxy) is 1. The molecule has 2 aromatic carbocycles. The molecule has 9 heteroatoms. The number of aliphatic hydroxyl groups is 1. The van der Waals surface area contributed by atoms with E-state index in [4.69, 9.17) is 4.74 Å². The van der Waals surface area contributed by atoms with Crippen LogP contribution in [0.1, 0.15) is 30.4 Å². The lowest BCUT2D eigenvalue weighted by Gasteiger charge is -2.15. The number of rotatable bonds is 5. The number of hydrogen-bond donors (Lipinski definition) is 1. The van der Waals surface area contributed by atoms with E-state index >= 15 is 0 Å². The average Bonchev–Trinajstić information content (AvgIpc) is 2.66. The lowest BCUT2D eigenvalue weighted by Crippen LogP contribution is -2.20. The topological polar surface area (TPSA) is 107 Å². The molecule has 1 saturated carbocycles. The summed E-state index contributed by atoms with van der Waals surface area (Å²) in [7, 11) is 0. The van der Waals surface area contributed by atoms with Crippen LogP contribution in [0.5, 0.6) is 5.75 Å². The third kappa shape index (κ3) is 4.13.